The minimum Gasteiger partial charge on any atom is -0.466 e. The molecule has 23 heavy (non-hydrogen) atoms. The molecule has 1 aliphatic rings. The van der Waals surface area contributed by atoms with Gasteiger partial charge in [0.15, 0.2) is 5.78 Å². The van der Waals surface area contributed by atoms with Crippen molar-refractivity contribution in [3.05, 3.63) is 22.9 Å². The number of thioether (sulfide) groups is 1. The van der Waals surface area contributed by atoms with E-state index >= 15 is 0 Å². The molecule has 0 saturated heterocycles. The molecule has 0 atom stereocenters. The summed E-state index contributed by atoms with van der Waals surface area (Å²) in [7, 11) is 2.03. The third-order valence-corrected chi connectivity index (χ3v) is 4.51. The fourth-order valence-electron chi connectivity index (χ4n) is 2.36. The van der Waals surface area contributed by atoms with Crippen molar-refractivity contribution >= 4 is 23.5 Å². The van der Waals surface area contributed by atoms with E-state index in [2.05, 4.69) is 16.0 Å². The zero-order chi connectivity index (χ0) is 16.8. The number of ketones is 1. The highest BCUT2D eigenvalue weighted by Gasteiger charge is 2.19. The number of pyridine rings is 1. The molecule has 1 aromatic heterocycles. The van der Waals surface area contributed by atoms with Gasteiger partial charge in [0, 0.05) is 25.2 Å². The molecule has 0 fully saturated rings. The van der Waals surface area contributed by atoms with Crippen LogP contribution < -0.4 is 0 Å². The number of hydrogen-bond donors (Lipinski definition) is 0. The smallest absolute Gasteiger partial charge is 0.313 e. The molecule has 0 amide bonds. The number of Topliss-reactive ketones (excluding diaryl/α,β-unsaturated/α-hetero) is 1. The number of carbonyl (C=O) groups is 2. The maximum absolute atomic E-state index is 11.8. The molecule has 0 N–H and O–H groups in total. The number of ether oxygens (including phenoxy) is 1. The van der Waals surface area contributed by atoms with E-state index in [1.807, 2.05) is 13.1 Å². The zero-order valence-electron chi connectivity index (χ0n) is 13.3. The van der Waals surface area contributed by atoms with Crippen molar-refractivity contribution in [2.24, 2.45) is 0 Å². The first kappa shape index (κ1) is 17.4. The number of nitriles is 1. The van der Waals surface area contributed by atoms with E-state index in [1.54, 1.807) is 6.92 Å². The molecular formula is C16H19N3O3S. The summed E-state index contributed by atoms with van der Waals surface area (Å²) in [6.45, 7) is 3.67. The Morgan fingerprint density at radius 3 is 3.00 bits per heavy atom. The topological polar surface area (TPSA) is 83.3 Å². The first-order chi connectivity index (χ1) is 11.0. The lowest BCUT2D eigenvalue weighted by Crippen LogP contribution is -2.27. The van der Waals surface area contributed by atoms with E-state index in [1.165, 1.54) is 11.8 Å². The number of rotatable bonds is 6. The van der Waals surface area contributed by atoms with Crippen LogP contribution in [0.15, 0.2) is 11.1 Å². The summed E-state index contributed by atoms with van der Waals surface area (Å²) in [4.78, 5) is 29.8. The molecule has 0 aromatic carbocycles. The lowest BCUT2D eigenvalue weighted by Gasteiger charge is -2.24. The summed E-state index contributed by atoms with van der Waals surface area (Å²) in [5.74, 6) is -0.629. The predicted molar refractivity (Wildman–Crippen MR) is 86.0 cm³/mol. The molecule has 0 spiro atoms. The molecule has 2 rings (SSSR count). The fraction of sp³-hybridized carbons (Fsp3) is 0.500. The van der Waals surface area contributed by atoms with Gasteiger partial charge in [0.1, 0.15) is 17.5 Å². The average molecular weight is 333 g/mol. The Kier molecular flexibility index (Phi) is 6.13. The van der Waals surface area contributed by atoms with Crippen LogP contribution in [0.25, 0.3) is 0 Å². The Balaban J connectivity index is 2.04. The largest absolute Gasteiger partial charge is 0.466 e. The second kappa shape index (κ2) is 8.09. The number of carbonyl (C=O) groups excluding carboxylic acids is 2. The SMILES string of the molecule is CCOC(=O)CC(=O)CSc1nc2c(cc1C#N)CN(C)CC2. The minimum atomic E-state index is -0.514. The molecule has 0 aliphatic carbocycles. The first-order valence-electron chi connectivity index (χ1n) is 7.45. The summed E-state index contributed by atoms with van der Waals surface area (Å²) in [6.07, 6.45) is 0.598. The number of esters is 1. The lowest BCUT2D eigenvalue weighted by molar-refractivity contribution is -0.145. The second-order valence-corrected chi connectivity index (χ2v) is 6.32. The monoisotopic (exact) mass is 333 g/mol. The number of likely N-dealkylation sites (N-methyl/N-ethyl adjacent to an activating group) is 1. The van der Waals surface area contributed by atoms with E-state index in [-0.39, 0.29) is 24.6 Å². The van der Waals surface area contributed by atoms with Gasteiger partial charge in [-0.25, -0.2) is 4.98 Å². The Morgan fingerprint density at radius 2 is 2.30 bits per heavy atom. The summed E-state index contributed by atoms with van der Waals surface area (Å²) in [5.41, 5.74) is 2.54. The van der Waals surface area contributed by atoms with Gasteiger partial charge in [-0.05, 0) is 25.6 Å². The van der Waals surface area contributed by atoms with Crippen LogP contribution in [0.4, 0.5) is 0 Å². The van der Waals surface area contributed by atoms with Crippen molar-refractivity contribution in [3.8, 4) is 6.07 Å². The highest BCUT2D eigenvalue weighted by Crippen LogP contribution is 2.26. The lowest BCUT2D eigenvalue weighted by atomic mass is 10.0. The van der Waals surface area contributed by atoms with Gasteiger partial charge in [-0.1, -0.05) is 11.8 Å². The fourth-order valence-corrected chi connectivity index (χ4v) is 3.19. The van der Waals surface area contributed by atoms with Crippen molar-refractivity contribution in [1.82, 2.24) is 9.88 Å². The Bertz CT molecular complexity index is 655. The van der Waals surface area contributed by atoms with Crippen LogP contribution in [0, 0.1) is 11.3 Å². The van der Waals surface area contributed by atoms with E-state index in [0.717, 1.165) is 30.8 Å². The van der Waals surface area contributed by atoms with Crippen LogP contribution in [0.2, 0.25) is 0 Å². The third kappa shape index (κ3) is 4.78. The van der Waals surface area contributed by atoms with Gasteiger partial charge in [-0.15, -0.1) is 0 Å². The van der Waals surface area contributed by atoms with E-state index in [0.29, 0.717) is 10.6 Å². The molecule has 0 bridgehead atoms. The highest BCUT2D eigenvalue weighted by atomic mass is 32.2. The third-order valence-electron chi connectivity index (χ3n) is 3.46. The molecule has 7 heteroatoms. The standard InChI is InChI=1S/C16H19N3O3S/c1-3-22-15(21)7-13(20)10-23-16-11(8-17)6-12-9-19(2)5-4-14(12)18-16/h6H,3-5,7,9-10H2,1-2H3. The van der Waals surface area contributed by atoms with Crippen molar-refractivity contribution < 1.29 is 14.3 Å². The van der Waals surface area contributed by atoms with Gasteiger partial charge < -0.3 is 9.64 Å². The van der Waals surface area contributed by atoms with Crippen molar-refractivity contribution in [1.29, 1.82) is 5.26 Å². The van der Waals surface area contributed by atoms with Crippen molar-refractivity contribution in [3.63, 3.8) is 0 Å². The van der Waals surface area contributed by atoms with Crippen molar-refractivity contribution in [2.45, 2.75) is 31.3 Å². The quantitative estimate of drug-likeness (QED) is 0.444. The maximum Gasteiger partial charge on any atom is 0.313 e. The van der Waals surface area contributed by atoms with Gasteiger partial charge >= 0.3 is 5.97 Å². The predicted octanol–water partition coefficient (Wildman–Crippen LogP) is 1.56. The Morgan fingerprint density at radius 1 is 1.52 bits per heavy atom. The molecular weight excluding hydrogens is 314 g/mol. The summed E-state index contributed by atoms with van der Waals surface area (Å²) < 4.78 is 4.75. The highest BCUT2D eigenvalue weighted by molar-refractivity contribution is 8.00. The number of nitrogens with zero attached hydrogens (tertiary/aromatic N) is 3. The van der Waals surface area contributed by atoms with Crippen molar-refractivity contribution in [2.75, 3.05) is 26.0 Å². The van der Waals surface area contributed by atoms with Crippen LogP contribution in [0.1, 0.15) is 30.2 Å². The molecule has 0 saturated carbocycles. The van der Waals surface area contributed by atoms with E-state index < -0.39 is 5.97 Å². The normalized spacial score (nSPS) is 14.0. The Hall–Kier alpha value is -1.91. The number of aromatic nitrogens is 1. The van der Waals surface area contributed by atoms with Crippen LogP contribution in [0.3, 0.4) is 0 Å². The molecule has 1 aromatic rings. The molecule has 2 heterocycles. The van der Waals surface area contributed by atoms with Crippen LogP contribution in [-0.4, -0.2) is 47.6 Å². The van der Waals surface area contributed by atoms with Gasteiger partial charge in [-0.2, -0.15) is 5.26 Å². The van der Waals surface area contributed by atoms with Crippen LogP contribution in [-0.2, 0) is 27.3 Å². The summed E-state index contributed by atoms with van der Waals surface area (Å²) >= 11 is 1.21. The second-order valence-electron chi connectivity index (χ2n) is 5.36. The molecule has 0 unspecified atom stereocenters. The van der Waals surface area contributed by atoms with Gasteiger partial charge in [-0.3, -0.25) is 9.59 Å². The minimum absolute atomic E-state index is 0.110. The number of hydrogen-bond acceptors (Lipinski definition) is 7. The maximum atomic E-state index is 11.8. The molecule has 6 nitrogen and oxygen atoms in total. The van der Waals surface area contributed by atoms with Gasteiger partial charge in [0.05, 0.1) is 17.9 Å². The zero-order valence-corrected chi connectivity index (χ0v) is 14.1. The molecule has 0 radical (unpaired) electrons. The van der Waals surface area contributed by atoms with Gasteiger partial charge in [0.25, 0.3) is 0 Å². The van der Waals surface area contributed by atoms with Crippen LogP contribution in [0.5, 0.6) is 0 Å². The Labute approximate surface area is 139 Å². The molecule has 1 aliphatic heterocycles. The van der Waals surface area contributed by atoms with E-state index in [9.17, 15) is 14.9 Å². The summed E-state index contributed by atoms with van der Waals surface area (Å²) in [6, 6.07) is 4.00. The van der Waals surface area contributed by atoms with Crippen LogP contribution >= 0.6 is 11.8 Å². The molecule has 122 valence electrons. The first-order valence-corrected chi connectivity index (χ1v) is 8.43. The number of fused-ring (bicyclic) bond motifs is 1. The van der Waals surface area contributed by atoms with Gasteiger partial charge in [0.2, 0.25) is 0 Å². The summed E-state index contributed by atoms with van der Waals surface area (Å²) in [5, 5.41) is 9.85. The average Bonchev–Trinajstić information content (AvgIpc) is 2.52. The van der Waals surface area contributed by atoms with E-state index in [4.69, 9.17) is 4.74 Å².